The van der Waals surface area contributed by atoms with E-state index >= 15 is 0 Å². The maximum Gasteiger partial charge on any atom is 0.251 e. The summed E-state index contributed by atoms with van der Waals surface area (Å²) < 4.78 is 5.52. The third-order valence-electron chi connectivity index (χ3n) is 4.45. The van der Waals surface area contributed by atoms with Crippen LogP contribution in [0, 0.1) is 0 Å². The highest BCUT2D eigenvalue weighted by Crippen LogP contribution is 2.16. The highest BCUT2D eigenvalue weighted by molar-refractivity contribution is 5.82. The second-order valence-corrected chi connectivity index (χ2v) is 6.26. The van der Waals surface area contributed by atoms with E-state index in [4.69, 9.17) is 9.73 Å². The summed E-state index contributed by atoms with van der Waals surface area (Å²) in [6.07, 6.45) is 5.27. The Morgan fingerprint density at radius 2 is 1.91 bits per heavy atom. The minimum atomic E-state index is -0.197. The molecule has 2 aliphatic rings. The molecule has 2 saturated heterocycles. The summed E-state index contributed by atoms with van der Waals surface area (Å²) in [6, 6.07) is 0. The average Bonchev–Trinajstić information content (AvgIpc) is 3.12. The number of rotatable bonds is 6. The van der Waals surface area contributed by atoms with E-state index in [1.165, 1.54) is 12.8 Å². The van der Waals surface area contributed by atoms with E-state index in [2.05, 4.69) is 24.1 Å². The van der Waals surface area contributed by atoms with Gasteiger partial charge in [-0.2, -0.15) is 0 Å². The van der Waals surface area contributed by atoms with Crippen LogP contribution >= 0.6 is 0 Å². The second-order valence-electron chi connectivity index (χ2n) is 6.26. The first-order valence-corrected chi connectivity index (χ1v) is 9.20. The zero-order chi connectivity index (χ0) is 16.5. The lowest BCUT2D eigenvalue weighted by Gasteiger charge is -2.37. The zero-order valence-electron chi connectivity index (χ0n) is 14.7. The molecule has 23 heavy (non-hydrogen) atoms. The number of amides is 1. The summed E-state index contributed by atoms with van der Waals surface area (Å²) in [4.78, 5) is 21.3. The van der Waals surface area contributed by atoms with Crippen LogP contribution < -0.4 is 5.32 Å². The largest absolute Gasteiger partial charge is 0.368 e. The number of nitrogens with one attached hydrogen (secondary N) is 1. The Hall–Kier alpha value is -1.30. The van der Waals surface area contributed by atoms with Gasteiger partial charge in [0.2, 0.25) is 0 Å². The lowest BCUT2D eigenvalue weighted by Crippen LogP contribution is -2.55. The van der Waals surface area contributed by atoms with Gasteiger partial charge in [-0.15, -0.1) is 0 Å². The van der Waals surface area contributed by atoms with Crippen molar-refractivity contribution < 1.29 is 9.53 Å². The number of ether oxygens (including phenoxy) is 1. The Kier molecular flexibility index (Phi) is 7.65. The van der Waals surface area contributed by atoms with Gasteiger partial charge < -0.3 is 19.9 Å². The molecular formula is C17H32N4O2. The molecular weight excluding hydrogens is 292 g/mol. The van der Waals surface area contributed by atoms with Crippen LogP contribution in [0.5, 0.6) is 0 Å². The summed E-state index contributed by atoms with van der Waals surface area (Å²) in [5.74, 6) is 1.17. The number of carbonyl (C=O) groups excluding carboxylic acids is 1. The fourth-order valence-electron chi connectivity index (χ4n) is 3.09. The Balaban J connectivity index is 1.81. The van der Waals surface area contributed by atoms with Crippen molar-refractivity contribution in [3.8, 4) is 0 Å². The number of hydrogen-bond acceptors (Lipinski definition) is 3. The summed E-state index contributed by atoms with van der Waals surface area (Å²) in [6.45, 7) is 10.0. The molecule has 0 aliphatic carbocycles. The van der Waals surface area contributed by atoms with Crippen LogP contribution in [0.25, 0.3) is 0 Å². The number of piperazine rings is 1. The summed E-state index contributed by atoms with van der Waals surface area (Å²) in [7, 11) is 0. The van der Waals surface area contributed by atoms with Gasteiger partial charge in [0, 0.05) is 45.9 Å². The standard InChI is InChI=1S/C17H32N4O2/c1-3-5-6-9-19-17(18-4-2)21-12-10-20(11-13-21)16(22)15-8-7-14-23-15/h15H,3-14H2,1-2H3,(H,18,19). The van der Waals surface area contributed by atoms with Crippen molar-refractivity contribution >= 4 is 11.9 Å². The molecule has 0 saturated carbocycles. The van der Waals surface area contributed by atoms with Gasteiger partial charge in [0.25, 0.3) is 5.91 Å². The van der Waals surface area contributed by atoms with Crippen molar-refractivity contribution in [2.45, 2.75) is 52.1 Å². The minimum absolute atomic E-state index is 0.173. The maximum absolute atomic E-state index is 12.4. The molecule has 0 aromatic rings. The highest BCUT2D eigenvalue weighted by Gasteiger charge is 2.30. The van der Waals surface area contributed by atoms with Gasteiger partial charge in [-0.25, -0.2) is 0 Å². The number of guanidine groups is 1. The number of unbranched alkanes of at least 4 members (excludes halogenated alkanes) is 2. The zero-order valence-corrected chi connectivity index (χ0v) is 14.7. The average molecular weight is 324 g/mol. The fourth-order valence-corrected chi connectivity index (χ4v) is 3.09. The van der Waals surface area contributed by atoms with Gasteiger partial charge >= 0.3 is 0 Å². The van der Waals surface area contributed by atoms with E-state index in [9.17, 15) is 4.79 Å². The number of carbonyl (C=O) groups is 1. The molecule has 2 aliphatic heterocycles. The maximum atomic E-state index is 12.4. The Bertz CT molecular complexity index is 386. The lowest BCUT2D eigenvalue weighted by atomic mass is 10.2. The van der Waals surface area contributed by atoms with E-state index < -0.39 is 0 Å². The van der Waals surface area contributed by atoms with Crippen molar-refractivity contribution in [3.05, 3.63) is 0 Å². The molecule has 0 aromatic heterocycles. The van der Waals surface area contributed by atoms with Crippen molar-refractivity contribution in [1.82, 2.24) is 15.1 Å². The monoisotopic (exact) mass is 324 g/mol. The Morgan fingerprint density at radius 3 is 2.52 bits per heavy atom. The molecule has 6 heteroatoms. The van der Waals surface area contributed by atoms with Crippen LogP contribution in [0.2, 0.25) is 0 Å². The van der Waals surface area contributed by atoms with Crippen molar-refractivity contribution in [2.24, 2.45) is 4.99 Å². The van der Waals surface area contributed by atoms with E-state index in [-0.39, 0.29) is 12.0 Å². The van der Waals surface area contributed by atoms with Crippen LogP contribution in [0.3, 0.4) is 0 Å². The molecule has 2 fully saturated rings. The second kappa shape index (κ2) is 9.75. The summed E-state index contributed by atoms with van der Waals surface area (Å²) in [5, 5.41) is 3.38. The van der Waals surface area contributed by atoms with E-state index in [0.29, 0.717) is 0 Å². The van der Waals surface area contributed by atoms with Crippen LogP contribution in [-0.2, 0) is 9.53 Å². The van der Waals surface area contributed by atoms with Gasteiger partial charge in [-0.1, -0.05) is 19.8 Å². The summed E-state index contributed by atoms with van der Waals surface area (Å²) >= 11 is 0. The lowest BCUT2D eigenvalue weighted by molar-refractivity contribution is -0.142. The van der Waals surface area contributed by atoms with Gasteiger partial charge in [-0.05, 0) is 26.2 Å². The Morgan fingerprint density at radius 1 is 1.17 bits per heavy atom. The predicted molar refractivity (Wildman–Crippen MR) is 92.6 cm³/mol. The molecule has 0 radical (unpaired) electrons. The first kappa shape index (κ1) is 18.0. The van der Waals surface area contributed by atoms with Crippen LogP contribution in [0.15, 0.2) is 4.99 Å². The molecule has 132 valence electrons. The fraction of sp³-hybridized carbons (Fsp3) is 0.882. The van der Waals surface area contributed by atoms with Crippen molar-refractivity contribution in [2.75, 3.05) is 45.9 Å². The predicted octanol–water partition coefficient (Wildman–Crippen LogP) is 1.47. The van der Waals surface area contributed by atoms with E-state index in [0.717, 1.165) is 71.1 Å². The third-order valence-corrected chi connectivity index (χ3v) is 4.45. The number of aliphatic imine (C=N–C) groups is 1. The molecule has 2 rings (SSSR count). The van der Waals surface area contributed by atoms with Crippen LogP contribution in [0.1, 0.15) is 46.0 Å². The van der Waals surface area contributed by atoms with Crippen LogP contribution in [-0.4, -0.2) is 73.6 Å². The molecule has 0 aromatic carbocycles. The number of nitrogens with zero attached hydrogens (tertiary/aromatic N) is 3. The van der Waals surface area contributed by atoms with Crippen molar-refractivity contribution in [3.63, 3.8) is 0 Å². The molecule has 1 N–H and O–H groups in total. The topological polar surface area (TPSA) is 57.2 Å². The highest BCUT2D eigenvalue weighted by atomic mass is 16.5. The summed E-state index contributed by atoms with van der Waals surface area (Å²) in [5.41, 5.74) is 0. The van der Waals surface area contributed by atoms with Crippen LogP contribution in [0.4, 0.5) is 0 Å². The number of hydrogen-bond donors (Lipinski definition) is 1. The minimum Gasteiger partial charge on any atom is -0.368 e. The molecule has 1 amide bonds. The molecule has 1 atom stereocenters. The van der Waals surface area contributed by atoms with E-state index in [1.54, 1.807) is 0 Å². The molecule has 0 bridgehead atoms. The van der Waals surface area contributed by atoms with E-state index in [1.807, 2.05) is 4.90 Å². The smallest absolute Gasteiger partial charge is 0.251 e. The van der Waals surface area contributed by atoms with Crippen molar-refractivity contribution in [1.29, 1.82) is 0 Å². The SMILES string of the molecule is CCCCCN=C(NCC)N1CCN(C(=O)C2CCCO2)CC1. The first-order chi connectivity index (χ1) is 11.3. The first-order valence-electron chi connectivity index (χ1n) is 9.20. The molecule has 6 nitrogen and oxygen atoms in total. The third kappa shape index (κ3) is 5.37. The van der Waals surface area contributed by atoms with Gasteiger partial charge in [0.1, 0.15) is 6.10 Å². The van der Waals surface area contributed by atoms with Gasteiger partial charge in [-0.3, -0.25) is 9.79 Å². The quantitative estimate of drug-likeness (QED) is 0.457. The Labute approximate surface area is 140 Å². The molecule has 1 unspecified atom stereocenters. The molecule has 2 heterocycles. The van der Waals surface area contributed by atoms with Gasteiger partial charge in [0.05, 0.1) is 0 Å². The molecule has 0 spiro atoms. The van der Waals surface area contributed by atoms with Gasteiger partial charge in [0.15, 0.2) is 5.96 Å². The normalized spacial score (nSPS) is 22.5.